The summed E-state index contributed by atoms with van der Waals surface area (Å²) in [5.41, 5.74) is 1.19. The second kappa shape index (κ2) is 10.8. The maximum atomic E-state index is 13.2. The number of methoxy groups -OCH3 is 2. The first-order chi connectivity index (χ1) is 18.0. The Kier molecular flexibility index (Phi) is 7.30. The first-order valence-corrected chi connectivity index (χ1v) is 12.6. The van der Waals surface area contributed by atoms with Crippen LogP contribution in [0.4, 0.5) is 0 Å². The third-order valence-electron chi connectivity index (χ3n) is 7.28. The molecule has 1 atom stereocenters. The zero-order valence-electron chi connectivity index (χ0n) is 21.2. The van der Waals surface area contributed by atoms with Gasteiger partial charge in [0.1, 0.15) is 12.7 Å². The van der Waals surface area contributed by atoms with Gasteiger partial charge in [-0.3, -0.25) is 14.5 Å². The van der Waals surface area contributed by atoms with Gasteiger partial charge >= 0.3 is 0 Å². The standard InChI is InChI=1S/C29H32N2O6/c1-35-24-10-5-11-25(36-2)27(24)37-18-21(32)17-30-14-12-19(13-15-30)16-31-28(33)22-8-3-6-20-7-4-9-23(26(20)22)29(31)34/h3-11,19,21,32H,12-18H2,1-2H3/t21-/m1/s1. The number of amides is 2. The van der Waals surface area contributed by atoms with Gasteiger partial charge in [0.2, 0.25) is 5.75 Å². The molecule has 37 heavy (non-hydrogen) atoms. The van der Waals surface area contributed by atoms with Gasteiger partial charge < -0.3 is 24.2 Å². The van der Waals surface area contributed by atoms with Gasteiger partial charge in [-0.15, -0.1) is 0 Å². The Bertz CT molecular complexity index is 1230. The normalized spacial score (nSPS) is 17.2. The van der Waals surface area contributed by atoms with Crippen LogP contribution in [0.1, 0.15) is 33.6 Å². The number of carbonyl (C=O) groups is 2. The topological polar surface area (TPSA) is 88.5 Å². The molecule has 2 amide bonds. The molecule has 0 aromatic heterocycles. The first kappa shape index (κ1) is 25.0. The predicted octanol–water partition coefficient (Wildman–Crippen LogP) is 3.60. The van der Waals surface area contributed by atoms with Gasteiger partial charge in [0.15, 0.2) is 11.5 Å². The minimum atomic E-state index is -0.687. The van der Waals surface area contributed by atoms with Crippen molar-refractivity contribution in [3.8, 4) is 17.2 Å². The zero-order valence-corrected chi connectivity index (χ0v) is 21.2. The molecular formula is C29H32N2O6. The van der Waals surface area contributed by atoms with Crippen molar-refractivity contribution < 1.29 is 28.9 Å². The average molecular weight is 505 g/mol. The van der Waals surface area contributed by atoms with E-state index in [4.69, 9.17) is 14.2 Å². The SMILES string of the molecule is COc1cccc(OC)c1OC[C@H](O)CN1CCC(CN2C(=O)c3cccc4cccc(c34)C2=O)CC1. The summed E-state index contributed by atoms with van der Waals surface area (Å²) in [5, 5.41) is 12.3. The van der Waals surface area contributed by atoms with Crippen LogP contribution in [-0.4, -0.2) is 79.8 Å². The molecule has 1 fully saturated rings. The summed E-state index contributed by atoms with van der Waals surface area (Å²) in [7, 11) is 3.12. The quantitative estimate of drug-likeness (QED) is 0.446. The van der Waals surface area contributed by atoms with Crippen molar-refractivity contribution in [3.05, 3.63) is 65.7 Å². The van der Waals surface area contributed by atoms with Crippen molar-refractivity contribution in [2.24, 2.45) is 5.92 Å². The third-order valence-corrected chi connectivity index (χ3v) is 7.28. The van der Waals surface area contributed by atoms with Gasteiger partial charge in [-0.05, 0) is 61.5 Å². The van der Waals surface area contributed by atoms with E-state index in [2.05, 4.69) is 4.90 Å². The van der Waals surface area contributed by atoms with E-state index in [0.29, 0.717) is 41.5 Å². The fourth-order valence-corrected chi connectivity index (χ4v) is 5.35. The lowest BCUT2D eigenvalue weighted by Crippen LogP contribution is -2.46. The van der Waals surface area contributed by atoms with Crippen LogP contribution in [0, 0.1) is 5.92 Å². The molecule has 2 aliphatic rings. The number of hydrogen-bond donors (Lipinski definition) is 1. The monoisotopic (exact) mass is 504 g/mol. The number of aliphatic hydroxyl groups is 1. The predicted molar refractivity (Wildman–Crippen MR) is 140 cm³/mol. The molecule has 1 saturated heterocycles. The molecule has 5 rings (SSSR count). The van der Waals surface area contributed by atoms with Crippen LogP contribution >= 0.6 is 0 Å². The van der Waals surface area contributed by atoms with Gasteiger partial charge in [-0.25, -0.2) is 0 Å². The van der Waals surface area contributed by atoms with E-state index < -0.39 is 6.10 Å². The lowest BCUT2D eigenvalue weighted by molar-refractivity contribution is 0.0446. The number of imide groups is 1. The van der Waals surface area contributed by atoms with E-state index >= 15 is 0 Å². The molecule has 8 heteroatoms. The minimum absolute atomic E-state index is 0.110. The highest BCUT2D eigenvalue weighted by molar-refractivity contribution is 6.25. The Hall–Kier alpha value is -3.62. The fraction of sp³-hybridized carbons (Fsp3) is 0.379. The number of benzene rings is 3. The molecule has 0 radical (unpaired) electrons. The number of para-hydroxylation sites is 1. The molecule has 3 aromatic rings. The zero-order chi connectivity index (χ0) is 25.9. The Balaban J connectivity index is 1.14. The van der Waals surface area contributed by atoms with Crippen LogP contribution in [0.5, 0.6) is 17.2 Å². The van der Waals surface area contributed by atoms with Crippen LogP contribution in [0.3, 0.4) is 0 Å². The van der Waals surface area contributed by atoms with Crippen molar-refractivity contribution in [2.45, 2.75) is 18.9 Å². The Morgan fingerprint density at radius 1 is 0.892 bits per heavy atom. The van der Waals surface area contributed by atoms with Crippen LogP contribution < -0.4 is 14.2 Å². The van der Waals surface area contributed by atoms with E-state index in [1.165, 1.54) is 4.90 Å². The Labute approximate surface area is 216 Å². The largest absolute Gasteiger partial charge is 0.493 e. The number of likely N-dealkylation sites (tertiary alicyclic amines) is 1. The minimum Gasteiger partial charge on any atom is -0.493 e. The molecule has 0 unspecified atom stereocenters. The van der Waals surface area contributed by atoms with Crippen molar-refractivity contribution in [1.82, 2.24) is 9.80 Å². The van der Waals surface area contributed by atoms with Gasteiger partial charge in [0.05, 0.1) is 14.2 Å². The van der Waals surface area contributed by atoms with Gasteiger partial charge in [-0.2, -0.15) is 0 Å². The van der Waals surface area contributed by atoms with Crippen LogP contribution in [0.2, 0.25) is 0 Å². The molecule has 0 aliphatic carbocycles. The van der Waals surface area contributed by atoms with Crippen molar-refractivity contribution in [3.63, 3.8) is 0 Å². The van der Waals surface area contributed by atoms with Gasteiger partial charge in [-0.1, -0.05) is 30.3 Å². The number of nitrogens with zero attached hydrogens (tertiary/aromatic N) is 2. The molecule has 2 aliphatic heterocycles. The molecular weight excluding hydrogens is 472 g/mol. The summed E-state index contributed by atoms with van der Waals surface area (Å²) >= 11 is 0. The molecule has 2 heterocycles. The summed E-state index contributed by atoms with van der Waals surface area (Å²) in [5.74, 6) is 1.37. The van der Waals surface area contributed by atoms with Crippen molar-refractivity contribution in [2.75, 3.05) is 47.0 Å². The Morgan fingerprint density at radius 3 is 2.03 bits per heavy atom. The van der Waals surface area contributed by atoms with Crippen molar-refractivity contribution in [1.29, 1.82) is 0 Å². The number of carbonyl (C=O) groups excluding carboxylic acids is 2. The van der Waals surface area contributed by atoms with E-state index in [9.17, 15) is 14.7 Å². The average Bonchev–Trinajstić information content (AvgIpc) is 2.93. The maximum absolute atomic E-state index is 13.2. The second-order valence-corrected chi connectivity index (χ2v) is 9.63. The van der Waals surface area contributed by atoms with E-state index in [0.717, 1.165) is 36.7 Å². The lowest BCUT2D eigenvalue weighted by Gasteiger charge is -2.36. The summed E-state index contributed by atoms with van der Waals surface area (Å²) < 4.78 is 16.5. The third kappa shape index (κ3) is 4.99. The molecule has 1 N–H and O–H groups in total. The molecule has 3 aromatic carbocycles. The van der Waals surface area contributed by atoms with Crippen LogP contribution in [-0.2, 0) is 0 Å². The first-order valence-electron chi connectivity index (χ1n) is 12.6. The van der Waals surface area contributed by atoms with Gasteiger partial charge in [0.25, 0.3) is 11.8 Å². The van der Waals surface area contributed by atoms with E-state index in [1.54, 1.807) is 38.5 Å². The maximum Gasteiger partial charge on any atom is 0.261 e. The number of β-amino-alcohol motifs (C(OH)–C–C–N with tert-alkyl or cyclic N) is 1. The summed E-state index contributed by atoms with van der Waals surface area (Å²) in [6.07, 6.45) is 1.00. The molecule has 8 nitrogen and oxygen atoms in total. The van der Waals surface area contributed by atoms with E-state index in [1.807, 2.05) is 30.3 Å². The smallest absolute Gasteiger partial charge is 0.261 e. The molecule has 194 valence electrons. The van der Waals surface area contributed by atoms with Crippen molar-refractivity contribution >= 4 is 22.6 Å². The number of rotatable bonds is 9. The van der Waals surface area contributed by atoms with Gasteiger partial charge in [0, 0.05) is 29.6 Å². The highest BCUT2D eigenvalue weighted by Crippen LogP contribution is 2.37. The van der Waals surface area contributed by atoms with Crippen LogP contribution in [0.25, 0.3) is 10.8 Å². The highest BCUT2D eigenvalue weighted by atomic mass is 16.5. The Morgan fingerprint density at radius 2 is 1.46 bits per heavy atom. The lowest BCUT2D eigenvalue weighted by atomic mass is 9.91. The summed E-state index contributed by atoms with van der Waals surface area (Å²) in [6.45, 7) is 2.55. The molecule has 0 spiro atoms. The molecule has 0 saturated carbocycles. The fourth-order valence-electron chi connectivity index (χ4n) is 5.35. The summed E-state index contributed by atoms with van der Waals surface area (Å²) in [6, 6.07) is 16.6. The number of aliphatic hydroxyl groups excluding tert-OH is 1. The summed E-state index contributed by atoms with van der Waals surface area (Å²) in [4.78, 5) is 30.0. The number of piperidine rings is 1. The number of hydrogen-bond acceptors (Lipinski definition) is 7. The van der Waals surface area contributed by atoms with E-state index in [-0.39, 0.29) is 24.3 Å². The van der Waals surface area contributed by atoms with Crippen LogP contribution in [0.15, 0.2) is 54.6 Å². The number of ether oxygens (including phenoxy) is 3. The second-order valence-electron chi connectivity index (χ2n) is 9.63. The molecule has 0 bridgehead atoms. The highest BCUT2D eigenvalue weighted by Gasteiger charge is 2.35.